The molecule has 0 aliphatic rings. The van der Waals surface area contributed by atoms with Gasteiger partial charge in [-0.3, -0.25) is 22.8 Å². The van der Waals surface area contributed by atoms with E-state index in [1.807, 2.05) is 24.3 Å². The fourth-order valence-corrected chi connectivity index (χ4v) is 10.7. The van der Waals surface area contributed by atoms with Gasteiger partial charge < -0.3 is 10.6 Å². The van der Waals surface area contributed by atoms with E-state index in [2.05, 4.69) is 41.1 Å². The highest BCUT2D eigenvalue weighted by Gasteiger charge is 2.26. The molecule has 2 aromatic heterocycles. The third-order valence-electron chi connectivity index (χ3n) is 10.3. The van der Waals surface area contributed by atoms with E-state index in [4.69, 9.17) is 0 Å². The van der Waals surface area contributed by atoms with Gasteiger partial charge in [0.1, 0.15) is 27.2 Å². The molecule has 0 atom stereocenters. The largest absolute Gasteiger partial charge is 0.339 e. The van der Waals surface area contributed by atoms with Crippen LogP contribution in [0.1, 0.15) is 11.1 Å². The molecule has 0 unspecified atom stereocenters. The molecule has 0 saturated heterocycles. The number of pyridine rings is 1. The zero-order valence-electron chi connectivity index (χ0n) is 35.9. The number of fused-ring (bicyclic) bond motifs is 2. The van der Waals surface area contributed by atoms with Crippen LogP contribution in [0.2, 0.25) is 0 Å². The summed E-state index contributed by atoms with van der Waals surface area (Å²) in [7, 11) is -25.0. The van der Waals surface area contributed by atoms with Crippen LogP contribution in [0, 0.1) is 18.3 Å². The highest BCUT2D eigenvalue weighted by molar-refractivity contribution is 7.87. The van der Waals surface area contributed by atoms with Crippen molar-refractivity contribution in [3.05, 3.63) is 126 Å². The molecule has 8 aromatic rings. The highest BCUT2D eigenvalue weighted by atomic mass is 32.2. The summed E-state index contributed by atoms with van der Waals surface area (Å²) in [6.07, 6.45) is 0. The van der Waals surface area contributed by atoms with Gasteiger partial charge in [0.15, 0.2) is 16.6 Å². The molecule has 7 N–H and O–H groups in total. The lowest BCUT2D eigenvalue weighted by molar-refractivity contribution is 0.478. The summed E-state index contributed by atoms with van der Waals surface area (Å²) in [6.45, 7) is 1.50. The van der Waals surface area contributed by atoms with Gasteiger partial charge in [-0.05, 0) is 96.6 Å². The Balaban J connectivity index is 1.27. The van der Waals surface area contributed by atoms with Crippen molar-refractivity contribution in [3.8, 4) is 17.3 Å². The van der Waals surface area contributed by atoms with Gasteiger partial charge >= 0.3 is 0 Å². The minimum atomic E-state index is -5.35. The SMILES string of the molecule is Cc1c(C#N)c(Nc2ccc(S(=O)(=O)O)cc2)nc(Nc2ccc(S(=O)(=O)O)cc2)c1N=Nc1nc(-c2ccc3ccccc3c2)c(/N=N/c2cc(S(=O)(=O)O)c3cc(S(=O)(=O)O)cc(S(=O)(=O)O)c3c2)s1. The Morgan fingerprint density at radius 1 is 0.542 bits per heavy atom. The highest BCUT2D eigenvalue weighted by Crippen LogP contribution is 2.44. The third kappa shape index (κ3) is 11.0. The van der Waals surface area contributed by atoms with Crippen LogP contribution in [-0.4, -0.2) is 74.8 Å². The van der Waals surface area contributed by atoms with Crippen LogP contribution in [0.4, 0.5) is 44.5 Å². The van der Waals surface area contributed by atoms with Gasteiger partial charge in [-0.25, -0.2) is 9.97 Å². The first-order valence-electron chi connectivity index (χ1n) is 19.7. The molecule has 368 valence electrons. The molecule has 8 rings (SSSR count). The fourth-order valence-electron chi connectivity index (χ4n) is 6.95. The number of azo groups is 2. The first-order valence-corrected chi connectivity index (χ1v) is 27.7. The van der Waals surface area contributed by atoms with Crippen LogP contribution in [0.5, 0.6) is 0 Å². The van der Waals surface area contributed by atoms with Gasteiger partial charge in [-0.15, -0.1) is 20.5 Å². The van der Waals surface area contributed by atoms with E-state index in [1.54, 1.807) is 24.3 Å². The summed E-state index contributed by atoms with van der Waals surface area (Å²) < 4.78 is 170. The van der Waals surface area contributed by atoms with Gasteiger partial charge in [0.2, 0.25) is 5.13 Å². The molecule has 0 fully saturated rings. The van der Waals surface area contributed by atoms with Gasteiger partial charge in [0.25, 0.3) is 50.6 Å². The molecule has 0 aliphatic carbocycles. The van der Waals surface area contributed by atoms with E-state index in [1.165, 1.54) is 31.2 Å². The Morgan fingerprint density at radius 2 is 1.08 bits per heavy atom. The Hall–Kier alpha value is -7.54. The van der Waals surface area contributed by atoms with E-state index in [0.717, 1.165) is 58.5 Å². The molecule has 0 bridgehead atoms. The molecule has 0 amide bonds. The summed E-state index contributed by atoms with van der Waals surface area (Å²) in [5.74, 6) is -0.161. The van der Waals surface area contributed by atoms with Gasteiger partial charge in [-0.1, -0.05) is 47.7 Å². The van der Waals surface area contributed by atoms with E-state index in [9.17, 15) is 70.1 Å². The Morgan fingerprint density at radius 3 is 1.64 bits per heavy atom. The lowest BCUT2D eigenvalue weighted by Gasteiger charge is -2.16. The van der Waals surface area contributed by atoms with E-state index >= 15 is 0 Å². The van der Waals surface area contributed by atoms with Gasteiger partial charge in [0.05, 0.1) is 25.9 Å². The molecule has 6 aromatic carbocycles. The topological polar surface area (TPSA) is 395 Å². The monoisotopic (exact) mass is 1090 g/mol. The molecule has 72 heavy (non-hydrogen) atoms. The number of thiazole rings is 1. The maximum atomic E-state index is 12.7. The summed E-state index contributed by atoms with van der Waals surface area (Å²) in [6, 6.07) is 26.7. The van der Waals surface area contributed by atoms with Crippen molar-refractivity contribution < 1.29 is 64.9 Å². The number of aromatic nitrogens is 2. The smallest absolute Gasteiger partial charge is 0.295 e. The second kappa shape index (κ2) is 18.9. The number of nitriles is 1. The van der Waals surface area contributed by atoms with Crippen molar-refractivity contribution in [1.29, 1.82) is 5.26 Å². The van der Waals surface area contributed by atoms with Gasteiger partial charge in [0, 0.05) is 33.3 Å². The van der Waals surface area contributed by atoms with Crippen LogP contribution in [-0.2, 0) is 50.6 Å². The maximum Gasteiger partial charge on any atom is 0.295 e. The first kappa shape index (κ1) is 50.8. The third-order valence-corrected chi connectivity index (χ3v) is 15.5. The van der Waals surface area contributed by atoms with Crippen molar-refractivity contribution in [2.75, 3.05) is 10.6 Å². The predicted molar refractivity (Wildman–Crippen MR) is 260 cm³/mol. The predicted octanol–water partition coefficient (Wildman–Crippen LogP) is 9.24. The van der Waals surface area contributed by atoms with Crippen LogP contribution in [0.3, 0.4) is 0 Å². The zero-order valence-corrected chi connectivity index (χ0v) is 40.8. The van der Waals surface area contributed by atoms with E-state index in [0.29, 0.717) is 17.7 Å². The minimum Gasteiger partial charge on any atom is -0.339 e. The average molecular weight is 1090 g/mol. The summed E-state index contributed by atoms with van der Waals surface area (Å²) in [5.41, 5.74) is 0.588. The molecular weight excluding hydrogens is 1060 g/mol. The van der Waals surface area contributed by atoms with E-state index < -0.39 is 91.5 Å². The summed E-state index contributed by atoms with van der Waals surface area (Å²) in [4.78, 5) is 4.98. The van der Waals surface area contributed by atoms with Crippen molar-refractivity contribution in [2.45, 2.75) is 31.4 Å². The van der Waals surface area contributed by atoms with Crippen molar-refractivity contribution in [2.24, 2.45) is 20.5 Å². The Kier molecular flexibility index (Phi) is 13.3. The molecule has 0 spiro atoms. The van der Waals surface area contributed by atoms with Crippen molar-refractivity contribution in [3.63, 3.8) is 0 Å². The van der Waals surface area contributed by atoms with Crippen LogP contribution < -0.4 is 10.6 Å². The van der Waals surface area contributed by atoms with Crippen LogP contribution >= 0.6 is 11.3 Å². The standard InChI is InChI=1S/C42H29N9O15S6/c1-22-34(21-43)39(44-26-8-12-29(13-9-26)68(52,53)54)47-40(45-27-10-14-30(15-11-27)69(55,56)57)37(22)49-51-42-46-38(25-7-6-23-4-2-3-5-24(23)16-25)41(67-42)50-48-28-17-32-33(35(18-28)71(61,62)63)19-31(70(58,59)60)20-36(32)72(64,65)66/h2-20H,1H3,(H2,44,45,47)(H,52,53,54)(H,55,56,57)(H,58,59,60)(H,61,62,63)(H,64,65,66)/b50-48+,51-49?. The Bertz CT molecular complexity index is 4260. The molecule has 30 heteroatoms. The second-order valence-electron chi connectivity index (χ2n) is 15.0. The summed E-state index contributed by atoms with van der Waals surface area (Å²) in [5, 5.41) is 33.5. The lowest BCUT2D eigenvalue weighted by atomic mass is 10.1. The quantitative estimate of drug-likeness (QED) is 0.0394. The number of rotatable bonds is 14. The average Bonchev–Trinajstić information content (AvgIpc) is 3.71. The number of hydrogen-bond donors (Lipinski definition) is 7. The maximum absolute atomic E-state index is 12.7. The molecule has 0 aliphatic heterocycles. The molecular formula is C42H29N9O15S6. The Labute approximate surface area is 411 Å². The zero-order chi connectivity index (χ0) is 52.1. The van der Waals surface area contributed by atoms with Crippen molar-refractivity contribution >= 4 is 128 Å². The molecule has 0 saturated carbocycles. The number of hydrogen-bond acceptors (Lipinski definition) is 20. The molecule has 0 radical (unpaired) electrons. The normalized spacial score (nSPS) is 12.7. The second-order valence-corrected chi connectivity index (χ2v) is 23.0. The van der Waals surface area contributed by atoms with Gasteiger partial charge in [-0.2, -0.15) is 47.4 Å². The number of anilines is 4. The molecule has 24 nitrogen and oxygen atoms in total. The summed E-state index contributed by atoms with van der Waals surface area (Å²) >= 11 is 0.772. The van der Waals surface area contributed by atoms with Crippen LogP contribution in [0.25, 0.3) is 32.8 Å². The minimum absolute atomic E-state index is 0.0196. The molecule has 2 heterocycles. The number of nitrogens with one attached hydrogen (secondary N) is 2. The van der Waals surface area contributed by atoms with E-state index in [-0.39, 0.29) is 55.7 Å². The fraction of sp³-hybridized carbons (Fsp3) is 0.0238. The lowest BCUT2D eigenvalue weighted by Crippen LogP contribution is -2.07. The first-order chi connectivity index (χ1) is 33.7. The number of nitrogens with zero attached hydrogens (tertiary/aromatic N) is 7. The van der Waals surface area contributed by atoms with Crippen LogP contribution in [0.15, 0.2) is 160 Å². The number of benzene rings is 6. The van der Waals surface area contributed by atoms with Crippen molar-refractivity contribution in [1.82, 2.24) is 9.97 Å².